The predicted molar refractivity (Wildman–Crippen MR) is 93.9 cm³/mol. The van der Waals surface area contributed by atoms with E-state index < -0.39 is 7.12 Å². The lowest BCUT2D eigenvalue weighted by Gasteiger charge is -2.32. The number of nitrogens with one attached hydrogen (secondary N) is 1. The molecule has 0 aliphatic carbocycles. The highest BCUT2D eigenvalue weighted by Crippen LogP contribution is 2.36. The number of hydrogen-bond acceptors (Lipinski definition) is 3. The fraction of sp³-hybridized carbons (Fsp3) is 0.611. The predicted octanol–water partition coefficient (Wildman–Crippen LogP) is 2.76. The van der Waals surface area contributed by atoms with E-state index in [1.165, 1.54) is 0 Å². The van der Waals surface area contributed by atoms with Crippen molar-refractivity contribution < 1.29 is 14.1 Å². The van der Waals surface area contributed by atoms with Crippen molar-refractivity contribution in [3.63, 3.8) is 0 Å². The Morgan fingerprint density at radius 1 is 1.00 bits per heavy atom. The quantitative estimate of drug-likeness (QED) is 0.869. The van der Waals surface area contributed by atoms with E-state index in [1.807, 2.05) is 58.9 Å². The number of benzene rings is 1. The second-order valence-corrected chi connectivity index (χ2v) is 7.72. The fourth-order valence-corrected chi connectivity index (χ4v) is 2.23. The smallest absolute Gasteiger partial charge is 0.399 e. The van der Waals surface area contributed by atoms with E-state index in [4.69, 9.17) is 9.31 Å². The Bertz CT molecular complexity index is 550. The molecule has 1 aromatic carbocycles. The van der Waals surface area contributed by atoms with Crippen LogP contribution in [0.3, 0.4) is 0 Å². The molecule has 1 amide bonds. The molecule has 1 aliphatic heterocycles. The summed E-state index contributed by atoms with van der Waals surface area (Å²) in [4.78, 5) is 12.2. The summed E-state index contributed by atoms with van der Waals surface area (Å²) < 4.78 is 12.0. The average molecular weight is 317 g/mol. The van der Waals surface area contributed by atoms with Crippen molar-refractivity contribution in [1.29, 1.82) is 0 Å². The molecule has 2 rings (SSSR count). The van der Waals surface area contributed by atoms with Gasteiger partial charge in [0.25, 0.3) is 5.91 Å². The molecule has 4 nitrogen and oxygen atoms in total. The van der Waals surface area contributed by atoms with Gasteiger partial charge in [0.15, 0.2) is 0 Å². The molecule has 1 heterocycles. The molecule has 1 aromatic rings. The number of hydrogen-bond donors (Lipinski definition) is 1. The van der Waals surface area contributed by atoms with Crippen molar-refractivity contribution in [2.24, 2.45) is 5.92 Å². The first-order chi connectivity index (χ1) is 10.5. The Morgan fingerprint density at radius 3 is 1.91 bits per heavy atom. The zero-order valence-electron chi connectivity index (χ0n) is 15.3. The van der Waals surface area contributed by atoms with Crippen molar-refractivity contribution in [3.05, 3.63) is 29.8 Å². The lowest BCUT2D eigenvalue weighted by Crippen LogP contribution is -2.41. The maximum atomic E-state index is 12.2. The summed E-state index contributed by atoms with van der Waals surface area (Å²) in [5.74, 6) is 0.356. The molecule has 1 saturated heterocycles. The van der Waals surface area contributed by atoms with Crippen LogP contribution < -0.4 is 10.8 Å². The summed E-state index contributed by atoms with van der Waals surface area (Å²) in [6.45, 7) is 14.3. The van der Waals surface area contributed by atoms with Crippen LogP contribution in [0.5, 0.6) is 0 Å². The summed E-state index contributed by atoms with van der Waals surface area (Å²) in [5, 5.41) is 3.01. The van der Waals surface area contributed by atoms with E-state index in [0.29, 0.717) is 11.5 Å². The van der Waals surface area contributed by atoms with Gasteiger partial charge in [-0.1, -0.05) is 26.0 Å². The number of carbonyl (C=O) groups excluding carboxylic acids is 1. The van der Waals surface area contributed by atoms with Crippen LogP contribution in [0.1, 0.15) is 58.8 Å². The van der Waals surface area contributed by atoms with E-state index in [-0.39, 0.29) is 23.2 Å². The maximum Gasteiger partial charge on any atom is 0.494 e. The van der Waals surface area contributed by atoms with Gasteiger partial charge in [-0.05, 0) is 58.1 Å². The van der Waals surface area contributed by atoms with Crippen molar-refractivity contribution in [2.45, 2.75) is 65.7 Å². The molecule has 0 spiro atoms. The highest BCUT2D eigenvalue weighted by Gasteiger charge is 2.51. The molecule has 0 saturated carbocycles. The maximum absolute atomic E-state index is 12.2. The fourth-order valence-electron chi connectivity index (χ4n) is 2.23. The van der Waals surface area contributed by atoms with Crippen LogP contribution in [-0.2, 0) is 9.31 Å². The molecular weight excluding hydrogens is 289 g/mol. The van der Waals surface area contributed by atoms with E-state index in [0.717, 1.165) is 5.46 Å². The van der Waals surface area contributed by atoms with Crippen LogP contribution in [0.4, 0.5) is 0 Å². The van der Waals surface area contributed by atoms with Gasteiger partial charge in [-0.2, -0.15) is 0 Å². The van der Waals surface area contributed by atoms with E-state index in [1.54, 1.807) is 0 Å². The van der Waals surface area contributed by atoms with Crippen LogP contribution in [0.15, 0.2) is 24.3 Å². The standard InChI is InChI=1S/C18H28BNO3/c1-12(2)13(3)20-16(21)14-8-10-15(11-9-14)19-22-17(4,5)18(6,7)23-19/h8-13H,1-7H3,(H,20,21). The molecule has 1 fully saturated rings. The zero-order valence-corrected chi connectivity index (χ0v) is 15.3. The van der Waals surface area contributed by atoms with Crippen molar-refractivity contribution >= 4 is 18.5 Å². The minimum atomic E-state index is -0.397. The second kappa shape index (κ2) is 6.29. The molecule has 1 atom stereocenters. The first kappa shape index (κ1) is 18.0. The number of carbonyl (C=O) groups is 1. The van der Waals surface area contributed by atoms with Crippen LogP contribution >= 0.6 is 0 Å². The molecule has 1 N–H and O–H groups in total. The summed E-state index contributed by atoms with van der Waals surface area (Å²) >= 11 is 0. The molecule has 126 valence electrons. The number of amides is 1. The average Bonchev–Trinajstić information content (AvgIpc) is 2.67. The third kappa shape index (κ3) is 3.78. The highest BCUT2D eigenvalue weighted by molar-refractivity contribution is 6.62. The Morgan fingerprint density at radius 2 is 1.48 bits per heavy atom. The Kier molecular flexibility index (Phi) is 4.93. The molecule has 0 radical (unpaired) electrons. The minimum absolute atomic E-state index is 0.0494. The van der Waals surface area contributed by atoms with Crippen LogP contribution in [-0.4, -0.2) is 30.3 Å². The third-order valence-electron chi connectivity index (χ3n) is 5.06. The summed E-state index contributed by atoms with van der Waals surface area (Å²) in [6, 6.07) is 7.59. The molecule has 0 bridgehead atoms. The van der Waals surface area contributed by atoms with Gasteiger partial charge in [0.05, 0.1) is 11.2 Å². The molecule has 1 aliphatic rings. The summed E-state index contributed by atoms with van der Waals surface area (Å²) in [7, 11) is -0.397. The normalized spacial score (nSPS) is 20.6. The van der Waals surface area contributed by atoms with Crippen molar-refractivity contribution in [3.8, 4) is 0 Å². The van der Waals surface area contributed by atoms with Crippen LogP contribution in [0.25, 0.3) is 0 Å². The minimum Gasteiger partial charge on any atom is -0.399 e. The van der Waals surface area contributed by atoms with Gasteiger partial charge in [0.1, 0.15) is 0 Å². The van der Waals surface area contributed by atoms with Gasteiger partial charge in [-0.15, -0.1) is 0 Å². The zero-order chi connectivity index (χ0) is 17.4. The van der Waals surface area contributed by atoms with Gasteiger partial charge >= 0.3 is 7.12 Å². The molecular formula is C18H28BNO3. The lowest BCUT2D eigenvalue weighted by molar-refractivity contribution is 0.00578. The lowest BCUT2D eigenvalue weighted by atomic mass is 9.79. The van der Waals surface area contributed by atoms with Gasteiger partial charge in [-0.25, -0.2) is 0 Å². The molecule has 23 heavy (non-hydrogen) atoms. The highest BCUT2D eigenvalue weighted by atomic mass is 16.7. The summed E-state index contributed by atoms with van der Waals surface area (Å²) in [6.07, 6.45) is 0. The van der Waals surface area contributed by atoms with Gasteiger partial charge in [0.2, 0.25) is 0 Å². The van der Waals surface area contributed by atoms with E-state index >= 15 is 0 Å². The van der Waals surface area contributed by atoms with Crippen LogP contribution in [0, 0.1) is 5.92 Å². The number of rotatable bonds is 4. The van der Waals surface area contributed by atoms with E-state index in [2.05, 4.69) is 19.2 Å². The SMILES string of the molecule is CC(C)C(C)NC(=O)c1ccc(B2OC(C)(C)C(C)(C)O2)cc1. The van der Waals surface area contributed by atoms with Crippen molar-refractivity contribution in [1.82, 2.24) is 5.32 Å². The molecule has 0 aromatic heterocycles. The second-order valence-electron chi connectivity index (χ2n) is 7.72. The van der Waals surface area contributed by atoms with Crippen molar-refractivity contribution in [2.75, 3.05) is 0 Å². The largest absolute Gasteiger partial charge is 0.494 e. The third-order valence-corrected chi connectivity index (χ3v) is 5.06. The van der Waals surface area contributed by atoms with E-state index in [9.17, 15) is 4.79 Å². The van der Waals surface area contributed by atoms with Gasteiger partial charge < -0.3 is 14.6 Å². The Balaban J connectivity index is 2.08. The van der Waals surface area contributed by atoms with Gasteiger partial charge in [0, 0.05) is 11.6 Å². The Labute approximate surface area is 140 Å². The van der Waals surface area contributed by atoms with Crippen LogP contribution in [0.2, 0.25) is 0 Å². The Hall–Kier alpha value is -1.33. The first-order valence-electron chi connectivity index (χ1n) is 8.30. The molecule has 5 heteroatoms. The van der Waals surface area contributed by atoms with Gasteiger partial charge in [-0.3, -0.25) is 4.79 Å². The molecule has 1 unspecified atom stereocenters. The first-order valence-corrected chi connectivity index (χ1v) is 8.30. The summed E-state index contributed by atoms with van der Waals surface area (Å²) in [5.41, 5.74) is 0.857. The topological polar surface area (TPSA) is 47.6 Å². The monoisotopic (exact) mass is 317 g/mol.